The third-order valence-electron chi connectivity index (χ3n) is 4.12. The Morgan fingerprint density at radius 1 is 1.53 bits per heavy atom. The minimum atomic E-state index is -0.786. The SMILES string of the molecule is Cn1c2c(c3cc(F)ccc31)C(CC(=O)O)CCC2. The Hall–Kier alpha value is -1.84. The average Bonchev–Trinajstić information content (AvgIpc) is 2.63. The van der Waals surface area contributed by atoms with Crippen LogP contribution in [-0.2, 0) is 18.3 Å². The van der Waals surface area contributed by atoms with Crippen LogP contribution >= 0.6 is 0 Å². The molecule has 1 unspecified atom stereocenters. The Kier molecular flexibility index (Phi) is 2.81. The van der Waals surface area contributed by atoms with Gasteiger partial charge in [-0.25, -0.2) is 4.39 Å². The summed E-state index contributed by atoms with van der Waals surface area (Å²) < 4.78 is 15.6. The molecule has 1 aromatic carbocycles. The number of carbonyl (C=O) groups is 1. The van der Waals surface area contributed by atoms with E-state index in [-0.39, 0.29) is 18.2 Å². The van der Waals surface area contributed by atoms with E-state index in [9.17, 15) is 9.18 Å². The van der Waals surface area contributed by atoms with E-state index in [4.69, 9.17) is 5.11 Å². The molecule has 1 N–H and O–H groups in total. The number of fused-ring (bicyclic) bond motifs is 3. The first kappa shape index (κ1) is 12.2. The molecule has 1 atom stereocenters. The van der Waals surface area contributed by atoms with Crippen LogP contribution in [0.3, 0.4) is 0 Å². The maximum Gasteiger partial charge on any atom is 0.303 e. The molecule has 3 rings (SSSR count). The van der Waals surface area contributed by atoms with E-state index in [1.807, 2.05) is 7.05 Å². The van der Waals surface area contributed by atoms with E-state index >= 15 is 0 Å². The molecule has 2 aromatic rings. The van der Waals surface area contributed by atoms with Gasteiger partial charge >= 0.3 is 5.97 Å². The number of carboxylic acids is 1. The number of aromatic nitrogens is 1. The lowest BCUT2D eigenvalue weighted by Gasteiger charge is -2.22. The number of aryl methyl sites for hydroxylation is 1. The Morgan fingerprint density at radius 3 is 3.05 bits per heavy atom. The third-order valence-corrected chi connectivity index (χ3v) is 4.12. The first-order valence-electron chi connectivity index (χ1n) is 6.56. The largest absolute Gasteiger partial charge is 0.481 e. The van der Waals surface area contributed by atoms with Crippen molar-refractivity contribution in [2.75, 3.05) is 0 Å². The highest BCUT2D eigenvalue weighted by atomic mass is 19.1. The molecule has 1 aliphatic rings. The van der Waals surface area contributed by atoms with Crippen molar-refractivity contribution in [3.63, 3.8) is 0 Å². The van der Waals surface area contributed by atoms with E-state index in [2.05, 4.69) is 4.57 Å². The summed E-state index contributed by atoms with van der Waals surface area (Å²) in [6.45, 7) is 0. The van der Waals surface area contributed by atoms with Crippen LogP contribution in [0, 0.1) is 5.82 Å². The zero-order chi connectivity index (χ0) is 13.6. The Morgan fingerprint density at radius 2 is 2.32 bits per heavy atom. The number of carboxylic acid groups (broad SMARTS) is 1. The smallest absolute Gasteiger partial charge is 0.303 e. The number of aliphatic carboxylic acids is 1. The maximum atomic E-state index is 13.5. The number of hydrogen-bond donors (Lipinski definition) is 1. The molecule has 1 aromatic heterocycles. The maximum absolute atomic E-state index is 13.5. The van der Waals surface area contributed by atoms with Gasteiger partial charge in [0.25, 0.3) is 0 Å². The molecule has 0 radical (unpaired) electrons. The van der Waals surface area contributed by atoms with Crippen molar-refractivity contribution in [3.05, 3.63) is 35.3 Å². The Balaban J connectivity index is 2.23. The third kappa shape index (κ3) is 1.91. The van der Waals surface area contributed by atoms with E-state index in [1.165, 1.54) is 12.1 Å². The van der Waals surface area contributed by atoms with Gasteiger partial charge < -0.3 is 9.67 Å². The van der Waals surface area contributed by atoms with Gasteiger partial charge in [0.1, 0.15) is 5.82 Å². The Bertz CT molecular complexity index is 660. The van der Waals surface area contributed by atoms with Crippen LogP contribution in [0.2, 0.25) is 0 Å². The Labute approximate surface area is 110 Å². The van der Waals surface area contributed by atoms with Crippen LogP contribution in [0.4, 0.5) is 4.39 Å². The molecule has 0 saturated heterocycles. The second-order valence-electron chi connectivity index (χ2n) is 5.27. The quantitative estimate of drug-likeness (QED) is 0.902. The monoisotopic (exact) mass is 261 g/mol. The van der Waals surface area contributed by atoms with Gasteiger partial charge in [-0.05, 0) is 48.9 Å². The molecule has 19 heavy (non-hydrogen) atoms. The summed E-state index contributed by atoms with van der Waals surface area (Å²) in [6, 6.07) is 4.77. The fourth-order valence-electron chi connectivity index (χ4n) is 3.33. The minimum absolute atomic E-state index is 0.00625. The minimum Gasteiger partial charge on any atom is -0.481 e. The molecule has 0 spiro atoms. The van der Waals surface area contributed by atoms with Gasteiger partial charge in [-0.15, -0.1) is 0 Å². The number of nitrogens with zero attached hydrogens (tertiary/aromatic N) is 1. The van der Waals surface area contributed by atoms with Gasteiger partial charge in [-0.1, -0.05) is 0 Å². The molecule has 0 fully saturated rings. The molecule has 100 valence electrons. The van der Waals surface area contributed by atoms with Crippen LogP contribution < -0.4 is 0 Å². The van der Waals surface area contributed by atoms with Gasteiger partial charge in [0.15, 0.2) is 0 Å². The fraction of sp³-hybridized carbons (Fsp3) is 0.400. The fourth-order valence-corrected chi connectivity index (χ4v) is 3.33. The molecule has 0 aliphatic heterocycles. The first-order valence-corrected chi connectivity index (χ1v) is 6.56. The molecular formula is C15H16FNO2. The van der Waals surface area contributed by atoms with Crippen molar-refractivity contribution < 1.29 is 14.3 Å². The number of halogens is 1. The summed E-state index contributed by atoms with van der Waals surface area (Å²) in [5.74, 6) is -1.04. The highest BCUT2D eigenvalue weighted by molar-refractivity contribution is 5.87. The van der Waals surface area contributed by atoms with E-state index in [0.717, 1.165) is 41.4 Å². The summed E-state index contributed by atoms with van der Waals surface area (Å²) >= 11 is 0. The molecule has 1 aliphatic carbocycles. The van der Waals surface area contributed by atoms with Crippen LogP contribution in [0.15, 0.2) is 18.2 Å². The molecule has 0 bridgehead atoms. The highest BCUT2D eigenvalue weighted by Gasteiger charge is 2.28. The molecule has 4 heteroatoms. The van der Waals surface area contributed by atoms with Gasteiger partial charge in [0.05, 0.1) is 6.42 Å². The van der Waals surface area contributed by atoms with Gasteiger partial charge in [0, 0.05) is 23.6 Å². The zero-order valence-electron chi connectivity index (χ0n) is 10.8. The summed E-state index contributed by atoms with van der Waals surface area (Å²) in [6.07, 6.45) is 2.94. The molecule has 0 amide bonds. The number of hydrogen-bond acceptors (Lipinski definition) is 1. The van der Waals surface area contributed by atoms with Gasteiger partial charge in [0.2, 0.25) is 0 Å². The summed E-state index contributed by atoms with van der Waals surface area (Å²) in [7, 11) is 1.97. The van der Waals surface area contributed by atoms with Crippen molar-refractivity contribution in [1.29, 1.82) is 0 Å². The average molecular weight is 261 g/mol. The van der Waals surface area contributed by atoms with E-state index in [0.29, 0.717) is 0 Å². The topological polar surface area (TPSA) is 42.2 Å². The molecule has 3 nitrogen and oxygen atoms in total. The van der Waals surface area contributed by atoms with Gasteiger partial charge in [-0.2, -0.15) is 0 Å². The number of benzene rings is 1. The number of rotatable bonds is 2. The van der Waals surface area contributed by atoms with Crippen LogP contribution in [0.1, 0.15) is 36.4 Å². The van der Waals surface area contributed by atoms with Crippen LogP contribution in [0.5, 0.6) is 0 Å². The summed E-state index contributed by atoms with van der Waals surface area (Å²) in [5.41, 5.74) is 3.20. The predicted octanol–water partition coefficient (Wildman–Crippen LogP) is 3.21. The highest BCUT2D eigenvalue weighted by Crippen LogP contribution is 2.40. The lowest BCUT2D eigenvalue weighted by Crippen LogP contribution is -2.14. The van der Waals surface area contributed by atoms with Crippen molar-refractivity contribution >= 4 is 16.9 Å². The molecular weight excluding hydrogens is 245 g/mol. The van der Waals surface area contributed by atoms with Crippen LogP contribution in [0.25, 0.3) is 10.9 Å². The van der Waals surface area contributed by atoms with Crippen molar-refractivity contribution in [2.45, 2.75) is 31.6 Å². The van der Waals surface area contributed by atoms with Crippen molar-refractivity contribution in [1.82, 2.24) is 4.57 Å². The van der Waals surface area contributed by atoms with Gasteiger partial charge in [-0.3, -0.25) is 4.79 Å². The molecule has 1 heterocycles. The normalized spacial score (nSPS) is 18.5. The van der Waals surface area contributed by atoms with Crippen LogP contribution in [-0.4, -0.2) is 15.6 Å². The lowest BCUT2D eigenvalue weighted by molar-refractivity contribution is -0.137. The van der Waals surface area contributed by atoms with E-state index in [1.54, 1.807) is 6.07 Å². The second kappa shape index (κ2) is 4.37. The molecule has 0 saturated carbocycles. The first-order chi connectivity index (χ1) is 9.08. The van der Waals surface area contributed by atoms with Crippen molar-refractivity contribution in [2.24, 2.45) is 7.05 Å². The lowest BCUT2D eigenvalue weighted by atomic mass is 9.83. The zero-order valence-corrected chi connectivity index (χ0v) is 10.8. The summed E-state index contributed by atoms with van der Waals surface area (Å²) in [4.78, 5) is 11.0. The van der Waals surface area contributed by atoms with Crippen molar-refractivity contribution in [3.8, 4) is 0 Å². The second-order valence-corrected chi connectivity index (χ2v) is 5.27. The standard InChI is InChI=1S/C15H16FNO2/c1-17-12-6-5-10(16)8-11(12)15-9(7-14(18)19)3-2-4-13(15)17/h5-6,8-9H,2-4,7H2,1H3,(H,18,19). The predicted molar refractivity (Wildman–Crippen MR) is 70.8 cm³/mol. The van der Waals surface area contributed by atoms with E-state index < -0.39 is 5.97 Å². The summed E-state index contributed by atoms with van der Waals surface area (Å²) in [5, 5.41) is 9.92.